The Bertz CT molecular complexity index is 297. The van der Waals surface area contributed by atoms with Crippen LogP contribution in [0.2, 0.25) is 0 Å². The second-order valence-corrected chi connectivity index (χ2v) is 4.17. The Kier molecular flexibility index (Phi) is 4.62. The van der Waals surface area contributed by atoms with Crippen LogP contribution in [0, 0.1) is 6.92 Å². The van der Waals surface area contributed by atoms with Crippen molar-refractivity contribution in [1.82, 2.24) is 9.78 Å². The number of hydrogen-bond acceptors (Lipinski definition) is 2. The Morgan fingerprint density at radius 1 is 1.50 bits per heavy atom. The Labute approximate surface area is 93.6 Å². The van der Waals surface area contributed by atoms with Crippen LogP contribution in [0.25, 0.3) is 0 Å². The van der Waals surface area contributed by atoms with Crippen molar-refractivity contribution in [3.63, 3.8) is 0 Å². The van der Waals surface area contributed by atoms with Gasteiger partial charge in [-0.1, -0.05) is 13.3 Å². The van der Waals surface area contributed by atoms with Crippen molar-refractivity contribution < 1.29 is 4.74 Å². The molecule has 0 saturated carbocycles. The average Bonchev–Trinajstić information content (AvgIpc) is 2.38. The topological polar surface area (TPSA) is 27.1 Å². The maximum atomic E-state index is 5.54. The molecule has 0 N–H and O–H groups in total. The largest absolute Gasteiger partial charge is 0.375 e. The normalized spacial score (nSPS) is 10.9. The second kappa shape index (κ2) is 5.51. The van der Waals surface area contributed by atoms with Crippen LogP contribution in [-0.4, -0.2) is 16.4 Å². The highest BCUT2D eigenvalue weighted by molar-refractivity contribution is 9.10. The lowest BCUT2D eigenvalue weighted by atomic mass is 10.3. The molecule has 0 fully saturated rings. The van der Waals surface area contributed by atoms with Crippen LogP contribution in [0.5, 0.6) is 0 Å². The predicted octanol–water partition coefficient (Wildman–Crippen LogP) is 2.81. The molecule has 1 heterocycles. The van der Waals surface area contributed by atoms with E-state index in [0.717, 1.165) is 28.9 Å². The van der Waals surface area contributed by atoms with E-state index in [1.54, 1.807) is 0 Å². The minimum absolute atomic E-state index is 0.637. The van der Waals surface area contributed by atoms with Crippen molar-refractivity contribution in [2.24, 2.45) is 7.05 Å². The molecule has 14 heavy (non-hydrogen) atoms. The summed E-state index contributed by atoms with van der Waals surface area (Å²) in [4.78, 5) is 0. The van der Waals surface area contributed by atoms with Gasteiger partial charge in [0.15, 0.2) is 0 Å². The molecular weight excluding hydrogens is 244 g/mol. The molecule has 0 amide bonds. The zero-order chi connectivity index (χ0) is 10.6. The van der Waals surface area contributed by atoms with Crippen molar-refractivity contribution >= 4 is 15.9 Å². The SMILES string of the molecule is CCCCOCc1c(Br)c(C)nn1C. The van der Waals surface area contributed by atoms with Gasteiger partial charge < -0.3 is 4.74 Å². The lowest BCUT2D eigenvalue weighted by Gasteiger charge is -2.04. The van der Waals surface area contributed by atoms with Gasteiger partial charge in [-0.25, -0.2) is 0 Å². The Balaban J connectivity index is 2.49. The van der Waals surface area contributed by atoms with Gasteiger partial charge in [0, 0.05) is 13.7 Å². The number of unbranched alkanes of at least 4 members (excludes halogenated alkanes) is 1. The quantitative estimate of drug-likeness (QED) is 0.762. The summed E-state index contributed by atoms with van der Waals surface area (Å²) in [5.74, 6) is 0. The fourth-order valence-electron chi connectivity index (χ4n) is 1.25. The zero-order valence-corrected chi connectivity index (χ0v) is 10.6. The molecule has 4 heteroatoms. The minimum Gasteiger partial charge on any atom is -0.375 e. The molecule has 0 bridgehead atoms. The lowest BCUT2D eigenvalue weighted by molar-refractivity contribution is 0.112. The van der Waals surface area contributed by atoms with Crippen molar-refractivity contribution in [2.45, 2.75) is 33.3 Å². The summed E-state index contributed by atoms with van der Waals surface area (Å²) in [6.45, 7) is 5.61. The summed E-state index contributed by atoms with van der Waals surface area (Å²) in [6, 6.07) is 0. The van der Waals surface area contributed by atoms with Crippen LogP contribution in [0.3, 0.4) is 0 Å². The monoisotopic (exact) mass is 260 g/mol. The lowest BCUT2D eigenvalue weighted by Crippen LogP contribution is -2.02. The van der Waals surface area contributed by atoms with E-state index in [1.165, 1.54) is 6.42 Å². The highest BCUT2D eigenvalue weighted by Gasteiger charge is 2.09. The maximum absolute atomic E-state index is 5.54. The molecule has 0 aliphatic carbocycles. The van der Waals surface area contributed by atoms with E-state index in [4.69, 9.17) is 4.74 Å². The van der Waals surface area contributed by atoms with Gasteiger partial charge in [0.25, 0.3) is 0 Å². The van der Waals surface area contributed by atoms with Gasteiger partial charge in [0.05, 0.1) is 22.5 Å². The molecule has 3 nitrogen and oxygen atoms in total. The molecule has 0 aliphatic heterocycles. The van der Waals surface area contributed by atoms with E-state index in [1.807, 2.05) is 18.7 Å². The first kappa shape index (κ1) is 11.7. The molecule has 80 valence electrons. The Hall–Kier alpha value is -0.350. The number of hydrogen-bond donors (Lipinski definition) is 0. The van der Waals surface area contributed by atoms with Crippen LogP contribution < -0.4 is 0 Å². The van der Waals surface area contributed by atoms with Gasteiger partial charge in [-0.05, 0) is 29.3 Å². The number of nitrogens with zero attached hydrogens (tertiary/aromatic N) is 2. The van der Waals surface area contributed by atoms with Gasteiger partial charge in [-0.2, -0.15) is 5.10 Å². The highest BCUT2D eigenvalue weighted by Crippen LogP contribution is 2.20. The number of aryl methyl sites for hydroxylation is 2. The maximum Gasteiger partial charge on any atom is 0.0896 e. The smallest absolute Gasteiger partial charge is 0.0896 e. The summed E-state index contributed by atoms with van der Waals surface area (Å²) in [7, 11) is 1.94. The van der Waals surface area contributed by atoms with Crippen LogP contribution in [0.1, 0.15) is 31.2 Å². The summed E-state index contributed by atoms with van der Waals surface area (Å²) in [5.41, 5.74) is 2.13. The molecule has 1 aromatic rings. The summed E-state index contributed by atoms with van der Waals surface area (Å²) < 4.78 is 8.48. The van der Waals surface area contributed by atoms with Crippen molar-refractivity contribution in [1.29, 1.82) is 0 Å². The summed E-state index contributed by atoms with van der Waals surface area (Å²) in [5, 5.41) is 4.30. The summed E-state index contributed by atoms with van der Waals surface area (Å²) in [6.07, 6.45) is 2.29. The molecule has 0 unspecified atom stereocenters. The molecule has 0 atom stereocenters. The zero-order valence-electron chi connectivity index (χ0n) is 9.01. The molecule has 1 rings (SSSR count). The predicted molar refractivity (Wildman–Crippen MR) is 60.2 cm³/mol. The van der Waals surface area contributed by atoms with Gasteiger partial charge in [-0.15, -0.1) is 0 Å². The van der Waals surface area contributed by atoms with E-state index in [2.05, 4.69) is 28.0 Å². The minimum atomic E-state index is 0.637. The van der Waals surface area contributed by atoms with E-state index >= 15 is 0 Å². The molecule has 0 aromatic carbocycles. The number of aromatic nitrogens is 2. The molecule has 1 aromatic heterocycles. The fraction of sp³-hybridized carbons (Fsp3) is 0.700. The number of halogens is 1. The molecular formula is C10H17BrN2O. The Morgan fingerprint density at radius 2 is 2.21 bits per heavy atom. The van der Waals surface area contributed by atoms with Crippen molar-refractivity contribution in [3.8, 4) is 0 Å². The van der Waals surface area contributed by atoms with E-state index in [9.17, 15) is 0 Å². The van der Waals surface area contributed by atoms with Crippen LogP contribution >= 0.6 is 15.9 Å². The van der Waals surface area contributed by atoms with Crippen molar-refractivity contribution in [3.05, 3.63) is 15.9 Å². The van der Waals surface area contributed by atoms with E-state index in [-0.39, 0.29) is 0 Å². The molecule has 0 radical (unpaired) electrons. The second-order valence-electron chi connectivity index (χ2n) is 3.38. The van der Waals surface area contributed by atoms with Crippen LogP contribution in [0.4, 0.5) is 0 Å². The highest BCUT2D eigenvalue weighted by atomic mass is 79.9. The molecule has 0 aliphatic rings. The average molecular weight is 261 g/mol. The summed E-state index contributed by atoms with van der Waals surface area (Å²) >= 11 is 3.51. The third-order valence-electron chi connectivity index (χ3n) is 2.14. The van der Waals surface area contributed by atoms with Crippen LogP contribution in [0.15, 0.2) is 4.47 Å². The fourth-order valence-corrected chi connectivity index (χ4v) is 1.70. The first-order valence-corrected chi connectivity index (χ1v) is 5.71. The van der Waals surface area contributed by atoms with Gasteiger partial charge in [-0.3, -0.25) is 4.68 Å². The van der Waals surface area contributed by atoms with Gasteiger partial charge >= 0.3 is 0 Å². The third-order valence-corrected chi connectivity index (χ3v) is 3.17. The first-order valence-electron chi connectivity index (χ1n) is 4.92. The van der Waals surface area contributed by atoms with E-state index < -0.39 is 0 Å². The van der Waals surface area contributed by atoms with Crippen molar-refractivity contribution in [2.75, 3.05) is 6.61 Å². The molecule has 0 saturated heterocycles. The Morgan fingerprint density at radius 3 is 2.71 bits per heavy atom. The number of ether oxygens (including phenoxy) is 1. The standard InChI is InChI=1S/C10H17BrN2O/c1-4-5-6-14-7-9-10(11)8(2)12-13(9)3/h4-7H2,1-3H3. The van der Waals surface area contributed by atoms with E-state index in [0.29, 0.717) is 6.61 Å². The van der Waals surface area contributed by atoms with Crippen LogP contribution in [-0.2, 0) is 18.4 Å². The van der Waals surface area contributed by atoms with Gasteiger partial charge in [0.1, 0.15) is 0 Å². The first-order chi connectivity index (χ1) is 6.66. The van der Waals surface area contributed by atoms with Gasteiger partial charge in [0.2, 0.25) is 0 Å². The number of rotatable bonds is 5. The molecule has 0 spiro atoms. The third kappa shape index (κ3) is 2.82.